The van der Waals surface area contributed by atoms with E-state index in [1.165, 1.54) is 13.2 Å². The normalized spacial score (nSPS) is 16.4. The summed E-state index contributed by atoms with van der Waals surface area (Å²) in [5.74, 6) is 0.232. The lowest BCUT2D eigenvalue weighted by molar-refractivity contribution is 0.0637. The van der Waals surface area contributed by atoms with Crippen molar-refractivity contribution in [1.29, 1.82) is 0 Å². The number of likely N-dealkylation sites (N-methyl/N-ethyl adjacent to an activating group) is 1. The molecule has 0 saturated carbocycles. The molecule has 1 N–H and O–H groups in total. The quantitative estimate of drug-likeness (QED) is 0.890. The third-order valence-corrected chi connectivity index (χ3v) is 3.54. The molecule has 1 heterocycles. The van der Waals surface area contributed by atoms with E-state index in [0.29, 0.717) is 18.8 Å². The van der Waals surface area contributed by atoms with E-state index in [-0.39, 0.29) is 17.2 Å². The van der Waals surface area contributed by atoms with Crippen LogP contribution < -0.4 is 4.74 Å². The molecule has 1 aliphatic heterocycles. The molecule has 19 heavy (non-hydrogen) atoms. The van der Waals surface area contributed by atoms with E-state index in [9.17, 15) is 9.90 Å². The van der Waals surface area contributed by atoms with Gasteiger partial charge in [0.05, 0.1) is 7.11 Å². The number of hydrogen-bond acceptors (Lipinski definition) is 4. The summed E-state index contributed by atoms with van der Waals surface area (Å²) in [5, 5.41) is 9.88. The number of benzene rings is 1. The summed E-state index contributed by atoms with van der Waals surface area (Å²) < 4.78 is 5.16. The van der Waals surface area contributed by atoms with Crippen LogP contribution >= 0.6 is 0 Å². The topological polar surface area (TPSA) is 53.0 Å². The van der Waals surface area contributed by atoms with Crippen LogP contribution in [0.1, 0.15) is 17.3 Å². The van der Waals surface area contributed by atoms with Gasteiger partial charge < -0.3 is 19.6 Å². The molecule has 0 radical (unpaired) electrons. The molecular weight excluding hydrogens is 244 g/mol. The fourth-order valence-corrected chi connectivity index (χ4v) is 2.33. The van der Waals surface area contributed by atoms with Crippen molar-refractivity contribution in [2.45, 2.75) is 6.92 Å². The zero-order valence-corrected chi connectivity index (χ0v) is 11.4. The molecule has 0 bridgehead atoms. The van der Waals surface area contributed by atoms with Crippen molar-refractivity contribution in [3.63, 3.8) is 0 Å². The number of phenols is 1. The number of carbonyl (C=O) groups is 1. The van der Waals surface area contributed by atoms with Gasteiger partial charge in [0.1, 0.15) is 17.1 Å². The standard InChI is InChI=1S/C14H20N2O3/c1-3-15-7-9-16(10-8-15)14(18)13-11(17)5-4-6-12(13)19-2/h4-6,17H,3,7-10H2,1-2H3. The van der Waals surface area contributed by atoms with Gasteiger partial charge in [0, 0.05) is 26.2 Å². The first-order valence-corrected chi connectivity index (χ1v) is 6.55. The van der Waals surface area contributed by atoms with Crippen molar-refractivity contribution in [2.24, 2.45) is 0 Å². The molecule has 1 amide bonds. The van der Waals surface area contributed by atoms with Crippen LogP contribution in [-0.4, -0.2) is 60.6 Å². The zero-order valence-electron chi connectivity index (χ0n) is 11.4. The van der Waals surface area contributed by atoms with Gasteiger partial charge >= 0.3 is 0 Å². The molecule has 5 heteroatoms. The van der Waals surface area contributed by atoms with Crippen LogP contribution in [-0.2, 0) is 0 Å². The van der Waals surface area contributed by atoms with Crippen LogP contribution in [0, 0.1) is 0 Å². The van der Waals surface area contributed by atoms with Crippen molar-refractivity contribution in [1.82, 2.24) is 9.80 Å². The van der Waals surface area contributed by atoms with Gasteiger partial charge in [-0.2, -0.15) is 0 Å². The number of methoxy groups -OCH3 is 1. The predicted molar refractivity (Wildman–Crippen MR) is 72.7 cm³/mol. The maximum Gasteiger partial charge on any atom is 0.261 e. The van der Waals surface area contributed by atoms with E-state index in [1.54, 1.807) is 17.0 Å². The van der Waals surface area contributed by atoms with Crippen molar-refractivity contribution in [2.75, 3.05) is 39.8 Å². The molecule has 104 valence electrons. The number of amides is 1. The molecule has 1 aliphatic rings. The molecule has 1 aromatic rings. The number of hydrogen-bond donors (Lipinski definition) is 1. The molecule has 0 atom stereocenters. The minimum Gasteiger partial charge on any atom is -0.507 e. The Labute approximate surface area is 113 Å². The number of rotatable bonds is 3. The number of ether oxygens (including phenoxy) is 1. The Morgan fingerprint density at radius 1 is 1.32 bits per heavy atom. The van der Waals surface area contributed by atoms with Crippen LogP contribution in [0.5, 0.6) is 11.5 Å². The van der Waals surface area contributed by atoms with E-state index in [0.717, 1.165) is 19.6 Å². The van der Waals surface area contributed by atoms with E-state index in [2.05, 4.69) is 11.8 Å². The van der Waals surface area contributed by atoms with Gasteiger partial charge in [-0.3, -0.25) is 4.79 Å². The molecule has 0 aliphatic carbocycles. The second-order valence-corrected chi connectivity index (χ2v) is 4.58. The second-order valence-electron chi connectivity index (χ2n) is 4.58. The summed E-state index contributed by atoms with van der Waals surface area (Å²) in [6.07, 6.45) is 0. The Balaban J connectivity index is 2.16. The number of carbonyl (C=O) groups excluding carboxylic acids is 1. The van der Waals surface area contributed by atoms with Crippen molar-refractivity contribution in [3.05, 3.63) is 23.8 Å². The average Bonchev–Trinajstić information content (AvgIpc) is 2.46. The number of phenolic OH excluding ortho intramolecular Hbond substituents is 1. The van der Waals surface area contributed by atoms with E-state index in [1.807, 2.05) is 0 Å². The van der Waals surface area contributed by atoms with Crippen LogP contribution in [0.25, 0.3) is 0 Å². The Kier molecular flexibility index (Phi) is 4.27. The van der Waals surface area contributed by atoms with Crippen LogP contribution in [0.4, 0.5) is 0 Å². The third kappa shape index (κ3) is 2.81. The highest BCUT2D eigenvalue weighted by Crippen LogP contribution is 2.28. The summed E-state index contributed by atoms with van der Waals surface area (Å²) in [4.78, 5) is 16.5. The Bertz CT molecular complexity index is 454. The largest absolute Gasteiger partial charge is 0.507 e. The van der Waals surface area contributed by atoms with Crippen LogP contribution in [0.15, 0.2) is 18.2 Å². The summed E-state index contributed by atoms with van der Waals surface area (Å²) in [5.41, 5.74) is 0.259. The maximum absolute atomic E-state index is 12.5. The fraction of sp³-hybridized carbons (Fsp3) is 0.500. The first kappa shape index (κ1) is 13.7. The fourth-order valence-electron chi connectivity index (χ4n) is 2.33. The van der Waals surface area contributed by atoms with E-state index < -0.39 is 0 Å². The lowest BCUT2D eigenvalue weighted by Crippen LogP contribution is -2.48. The first-order chi connectivity index (χ1) is 9.17. The molecular formula is C14H20N2O3. The summed E-state index contributed by atoms with van der Waals surface area (Å²) in [7, 11) is 1.50. The molecule has 0 spiro atoms. The Morgan fingerprint density at radius 2 is 2.00 bits per heavy atom. The minimum absolute atomic E-state index is 0.0257. The first-order valence-electron chi connectivity index (χ1n) is 6.55. The highest BCUT2D eigenvalue weighted by Gasteiger charge is 2.25. The molecule has 1 fully saturated rings. The van der Waals surface area contributed by atoms with Gasteiger partial charge in [0.2, 0.25) is 0 Å². The summed E-state index contributed by atoms with van der Waals surface area (Å²) >= 11 is 0. The molecule has 1 saturated heterocycles. The number of aromatic hydroxyl groups is 1. The molecule has 0 aromatic heterocycles. The van der Waals surface area contributed by atoms with Gasteiger partial charge in [-0.05, 0) is 18.7 Å². The van der Waals surface area contributed by atoms with Gasteiger partial charge in [0.15, 0.2) is 0 Å². The Morgan fingerprint density at radius 3 is 2.58 bits per heavy atom. The van der Waals surface area contributed by atoms with Crippen molar-refractivity contribution >= 4 is 5.91 Å². The van der Waals surface area contributed by atoms with E-state index in [4.69, 9.17) is 4.74 Å². The van der Waals surface area contributed by atoms with Crippen molar-refractivity contribution in [3.8, 4) is 11.5 Å². The van der Waals surface area contributed by atoms with E-state index >= 15 is 0 Å². The van der Waals surface area contributed by atoms with Crippen LogP contribution in [0.2, 0.25) is 0 Å². The lowest BCUT2D eigenvalue weighted by Gasteiger charge is -2.34. The molecule has 2 rings (SSSR count). The average molecular weight is 264 g/mol. The Hall–Kier alpha value is -1.75. The summed E-state index contributed by atoms with van der Waals surface area (Å²) in [6.45, 7) is 6.23. The van der Waals surface area contributed by atoms with Gasteiger partial charge in [0.25, 0.3) is 5.91 Å². The van der Waals surface area contributed by atoms with Gasteiger partial charge in [-0.15, -0.1) is 0 Å². The number of nitrogens with zero attached hydrogens (tertiary/aromatic N) is 2. The summed E-state index contributed by atoms with van der Waals surface area (Å²) in [6, 6.07) is 4.87. The monoisotopic (exact) mass is 264 g/mol. The second kappa shape index (κ2) is 5.93. The highest BCUT2D eigenvalue weighted by atomic mass is 16.5. The highest BCUT2D eigenvalue weighted by molar-refractivity contribution is 5.99. The molecule has 5 nitrogen and oxygen atoms in total. The molecule has 0 unspecified atom stereocenters. The zero-order chi connectivity index (χ0) is 13.8. The predicted octanol–water partition coefficient (Wildman–Crippen LogP) is 1.18. The minimum atomic E-state index is -0.161. The smallest absolute Gasteiger partial charge is 0.261 e. The maximum atomic E-state index is 12.5. The van der Waals surface area contributed by atoms with Gasteiger partial charge in [-0.1, -0.05) is 13.0 Å². The van der Waals surface area contributed by atoms with Crippen LogP contribution in [0.3, 0.4) is 0 Å². The third-order valence-electron chi connectivity index (χ3n) is 3.54. The lowest BCUT2D eigenvalue weighted by atomic mass is 10.1. The van der Waals surface area contributed by atoms with Gasteiger partial charge in [-0.25, -0.2) is 0 Å². The van der Waals surface area contributed by atoms with Crippen molar-refractivity contribution < 1.29 is 14.6 Å². The molecule has 1 aromatic carbocycles. The number of piperazine rings is 1. The SMILES string of the molecule is CCN1CCN(C(=O)c2c(O)cccc2OC)CC1.